The number of nitrogens with two attached hydrogens (primary N) is 1. The Bertz CT molecular complexity index is 521. The van der Waals surface area contributed by atoms with Crippen molar-refractivity contribution < 1.29 is 9.53 Å². The molecule has 1 aliphatic carbocycles. The van der Waals surface area contributed by atoms with Crippen LogP contribution in [0.25, 0.3) is 0 Å². The number of hydrazine groups is 1. The zero-order valence-corrected chi connectivity index (χ0v) is 13.3. The molecule has 1 saturated carbocycles. The minimum Gasteiger partial charge on any atom is -0.381 e. The predicted octanol–water partition coefficient (Wildman–Crippen LogP) is 1.67. The van der Waals surface area contributed by atoms with Gasteiger partial charge in [-0.1, -0.05) is 13.8 Å². The van der Waals surface area contributed by atoms with Crippen LogP contribution in [0.5, 0.6) is 0 Å². The van der Waals surface area contributed by atoms with Crippen LogP contribution in [0.1, 0.15) is 30.6 Å². The summed E-state index contributed by atoms with van der Waals surface area (Å²) in [7, 11) is 1.69. The maximum atomic E-state index is 12.4. The van der Waals surface area contributed by atoms with E-state index in [-0.39, 0.29) is 23.5 Å². The highest BCUT2D eigenvalue weighted by atomic mass is 79.9. The summed E-state index contributed by atoms with van der Waals surface area (Å²) in [5.74, 6) is 5.54. The van der Waals surface area contributed by atoms with Crippen LogP contribution in [0.2, 0.25) is 0 Å². The highest BCUT2D eigenvalue weighted by Gasteiger charge is 2.49. The number of nitrogen functional groups attached to an aromatic ring is 1. The van der Waals surface area contributed by atoms with Gasteiger partial charge in [-0.15, -0.1) is 0 Å². The van der Waals surface area contributed by atoms with E-state index in [4.69, 9.17) is 10.6 Å². The van der Waals surface area contributed by atoms with E-state index in [0.717, 1.165) is 10.9 Å². The summed E-state index contributed by atoms with van der Waals surface area (Å²) in [5.41, 5.74) is 2.77. The first-order valence-corrected chi connectivity index (χ1v) is 7.15. The molecule has 0 saturated heterocycles. The van der Waals surface area contributed by atoms with Crippen molar-refractivity contribution >= 4 is 27.7 Å². The topological polar surface area (TPSA) is 89.3 Å². The first-order valence-electron chi connectivity index (χ1n) is 6.36. The summed E-state index contributed by atoms with van der Waals surface area (Å²) in [6, 6.07) is 1.77. The lowest BCUT2D eigenvalue weighted by molar-refractivity contribution is -0.0942. The van der Waals surface area contributed by atoms with Gasteiger partial charge in [-0.2, -0.15) is 0 Å². The second kappa shape index (κ2) is 5.67. The number of nitrogens with one attached hydrogen (secondary N) is 2. The standard InChI is InChI=1S/C13H19BrN4O2/c1-13(2)9(5-10(13)20-3)17-12(19)8-4-7(14)6-16-11(8)18-15/h4,6,9-10H,5,15H2,1-3H3,(H,16,18)(H,17,19). The Morgan fingerprint density at radius 1 is 1.60 bits per heavy atom. The van der Waals surface area contributed by atoms with Gasteiger partial charge in [0, 0.05) is 29.2 Å². The molecule has 110 valence electrons. The summed E-state index contributed by atoms with van der Waals surface area (Å²) in [5, 5.41) is 3.01. The molecule has 2 unspecified atom stereocenters. The quantitative estimate of drug-likeness (QED) is 0.572. The number of pyridine rings is 1. The van der Waals surface area contributed by atoms with Gasteiger partial charge in [0.1, 0.15) is 0 Å². The van der Waals surface area contributed by atoms with Crippen molar-refractivity contribution in [1.29, 1.82) is 0 Å². The number of carbonyl (C=O) groups is 1. The molecular formula is C13H19BrN4O2. The molecule has 1 fully saturated rings. The number of aromatic nitrogens is 1. The number of methoxy groups -OCH3 is 1. The maximum absolute atomic E-state index is 12.4. The summed E-state index contributed by atoms with van der Waals surface area (Å²) < 4.78 is 6.11. The molecule has 4 N–H and O–H groups in total. The molecule has 1 heterocycles. The first-order chi connectivity index (χ1) is 9.40. The molecule has 2 atom stereocenters. The van der Waals surface area contributed by atoms with Crippen molar-refractivity contribution in [2.75, 3.05) is 12.5 Å². The van der Waals surface area contributed by atoms with E-state index in [1.54, 1.807) is 19.4 Å². The van der Waals surface area contributed by atoms with Gasteiger partial charge in [0.25, 0.3) is 5.91 Å². The molecule has 1 aromatic heterocycles. The van der Waals surface area contributed by atoms with Gasteiger partial charge in [0.05, 0.1) is 11.7 Å². The average Bonchev–Trinajstić information content (AvgIpc) is 2.42. The molecule has 2 rings (SSSR count). The lowest BCUT2D eigenvalue weighted by Gasteiger charge is -2.51. The molecule has 1 aliphatic rings. The largest absolute Gasteiger partial charge is 0.381 e. The molecule has 20 heavy (non-hydrogen) atoms. The molecule has 6 nitrogen and oxygen atoms in total. The van der Waals surface area contributed by atoms with Gasteiger partial charge in [0.2, 0.25) is 0 Å². The summed E-state index contributed by atoms with van der Waals surface area (Å²) in [4.78, 5) is 16.4. The second-order valence-corrected chi connectivity index (χ2v) is 6.42. The lowest BCUT2D eigenvalue weighted by Crippen LogP contribution is -2.61. The Morgan fingerprint density at radius 2 is 2.30 bits per heavy atom. The average molecular weight is 343 g/mol. The predicted molar refractivity (Wildman–Crippen MR) is 80.2 cm³/mol. The third-order valence-corrected chi connectivity index (χ3v) is 4.44. The Labute approximate surface area is 126 Å². The van der Waals surface area contributed by atoms with Crippen LogP contribution in [0.4, 0.5) is 5.82 Å². The zero-order valence-electron chi connectivity index (χ0n) is 11.7. The molecule has 7 heteroatoms. The number of rotatable bonds is 4. The van der Waals surface area contributed by atoms with E-state index in [2.05, 4.69) is 45.5 Å². The van der Waals surface area contributed by atoms with Gasteiger partial charge in [0.15, 0.2) is 5.82 Å². The summed E-state index contributed by atoms with van der Waals surface area (Å²) in [6.07, 6.45) is 2.56. The van der Waals surface area contributed by atoms with Crippen LogP contribution in [0.15, 0.2) is 16.7 Å². The highest BCUT2D eigenvalue weighted by Crippen LogP contribution is 2.42. The molecule has 1 aromatic rings. The van der Waals surface area contributed by atoms with Crippen molar-refractivity contribution in [2.45, 2.75) is 32.4 Å². The zero-order chi connectivity index (χ0) is 14.9. The number of anilines is 1. The number of hydrogen-bond donors (Lipinski definition) is 3. The minimum atomic E-state index is -0.195. The third-order valence-electron chi connectivity index (χ3n) is 4.00. The molecule has 0 bridgehead atoms. The lowest BCUT2D eigenvalue weighted by atomic mass is 9.64. The van der Waals surface area contributed by atoms with Crippen molar-refractivity contribution in [3.8, 4) is 0 Å². The molecular weight excluding hydrogens is 324 g/mol. The van der Waals surface area contributed by atoms with E-state index in [1.165, 1.54) is 0 Å². The molecule has 0 spiro atoms. The van der Waals surface area contributed by atoms with E-state index < -0.39 is 0 Å². The van der Waals surface area contributed by atoms with E-state index in [0.29, 0.717) is 11.4 Å². The maximum Gasteiger partial charge on any atom is 0.255 e. The first kappa shape index (κ1) is 15.2. The smallest absolute Gasteiger partial charge is 0.255 e. The minimum absolute atomic E-state index is 0.0737. The number of hydrogen-bond acceptors (Lipinski definition) is 5. The number of nitrogens with zero attached hydrogens (tertiary/aromatic N) is 1. The van der Waals surface area contributed by atoms with Crippen LogP contribution in [0, 0.1) is 5.41 Å². The number of halogens is 1. The van der Waals surface area contributed by atoms with Gasteiger partial charge < -0.3 is 15.5 Å². The summed E-state index contributed by atoms with van der Waals surface area (Å²) >= 11 is 3.30. The monoisotopic (exact) mass is 342 g/mol. The SMILES string of the molecule is COC1CC(NC(=O)c2cc(Br)cnc2NN)C1(C)C. The van der Waals surface area contributed by atoms with E-state index in [9.17, 15) is 4.79 Å². The Kier molecular flexibility index (Phi) is 4.31. The van der Waals surface area contributed by atoms with Crippen LogP contribution in [0.3, 0.4) is 0 Å². The van der Waals surface area contributed by atoms with Gasteiger partial charge in [-0.25, -0.2) is 10.8 Å². The Hall–Kier alpha value is -1.18. The molecule has 0 aliphatic heterocycles. The molecule has 0 aromatic carbocycles. The van der Waals surface area contributed by atoms with Crippen molar-refractivity contribution in [2.24, 2.45) is 11.3 Å². The van der Waals surface area contributed by atoms with Crippen LogP contribution < -0.4 is 16.6 Å². The fourth-order valence-electron chi connectivity index (χ4n) is 2.49. The van der Waals surface area contributed by atoms with Crippen molar-refractivity contribution in [3.63, 3.8) is 0 Å². The second-order valence-electron chi connectivity index (χ2n) is 5.50. The fourth-order valence-corrected chi connectivity index (χ4v) is 2.83. The molecule has 1 amide bonds. The fraction of sp³-hybridized carbons (Fsp3) is 0.538. The number of carbonyl (C=O) groups excluding carboxylic acids is 1. The normalized spacial score (nSPS) is 23.9. The van der Waals surface area contributed by atoms with Gasteiger partial charge in [-0.05, 0) is 28.4 Å². The Balaban J connectivity index is 2.12. The van der Waals surface area contributed by atoms with Crippen LogP contribution in [-0.2, 0) is 4.74 Å². The molecule has 0 radical (unpaired) electrons. The van der Waals surface area contributed by atoms with Crippen molar-refractivity contribution in [1.82, 2.24) is 10.3 Å². The van der Waals surface area contributed by atoms with Crippen LogP contribution in [-0.4, -0.2) is 30.1 Å². The van der Waals surface area contributed by atoms with Gasteiger partial charge >= 0.3 is 0 Å². The number of ether oxygens (including phenoxy) is 1. The van der Waals surface area contributed by atoms with Crippen molar-refractivity contribution in [3.05, 3.63) is 22.3 Å². The van der Waals surface area contributed by atoms with Gasteiger partial charge in [-0.3, -0.25) is 4.79 Å². The van der Waals surface area contributed by atoms with E-state index in [1.807, 2.05) is 0 Å². The van der Waals surface area contributed by atoms with E-state index >= 15 is 0 Å². The highest BCUT2D eigenvalue weighted by molar-refractivity contribution is 9.10. The third kappa shape index (κ3) is 2.65. The summed E-state index contributed by atoms with van der Waals surface area (Å²) in [6.45, 7) is 4.16. The Morgan fingerprint density at radius 3 is 2.85 bits per heavy atom. The number of amides is 1. The van der Waals surface area contributed by atoms with Crippen LogP contribution >= 0.6 is 15.9 Å².